The highest BCUT2D eigenvalue weighted by molar-refractivity contribution is 8.38. The highest BCUT2D eigenvalue weighted by Gasteiger charge is 2.33. The summed E-state index contributed by atoms with van der Waals surface area (Å²) in [6, 6.07) is 27.0. The third-order valence-electron chi connectivity index (χ3n) is 9.59. The minimum Gasteiger partial charge on any atom is -0.178 e. The Morgan fingerprint density at radius 3 is 1.07 bits per heavy atom. The normalized spacial score (nSPS) is 13.1. The summed E-state index contributed by atoms with van der Waals surface area (Å²) in [5.41, 5.74) is 2.32. The predicted octanol–water partition coefficient (Wildman–Crippen LogP) is 11.8. The quantitative estimate of drug-likeness (QED) is 0.134. The molecule has 43 heavy (non-hydrogen) atoms. The van der Waals surface area contributed by atoms with Crippen LogP contribution in [0.25, 0.3) is 43.1 Å². The van der Waals surface area contributed by atoms with Crippen molar-refractivity contribution in [2.45, 2.75) is 78.1 Å². The van der Waals surface area contributed by atoms with E-state index in [0.717, 1.165) is 28.4 Å². The van der Waals surface area contributed by atoms with Crippen molar-refractivity contribution < 1.29 is 0 Å². The Morgan fingerprint density at radius 1 is 0.488 bits per heavy atom. The molecule has 5 aromatic rings. The van der Waals surface area contributed by atoms with Crippen LogP contribution in [0.15, 0.2) is 72.8 Å². The topological polar surface area (TPSA) is 0 Å². The molecule has 0 aromatic heterocycles. The number of benzene rings is 5. The van der Waals surface area contributed by atoms with Gasteiger partial charge in [0.15, 0.2) is 0 Å². The first kappa shape index (κ1) is 31.4. The zero-order valence-electron chi connectivity index (χ0n) is 27.6. The van der Waals surface area contributed by atoms with Crippen LogP contribution in [-0.4, -0.2) is 33.0 Å². The number of rotatable bonds is 6. The molecule has 0 bridgehead atoms. The first-order chi connectivity index (χ1) is 20.6. The fourth-order valence-corrected chi connectivity index (χ4v) is 13.2. The van der Waals surface area contributed by atoms with Crippen LogP contribution in [0.2, 0.25) is 0 Å². The van der Waals surface area contributed by atoms with Gasteiger partial charge < -0.3 is 0 Å². The van der Waals surface area contributed by atoms with Crippen LogP contribution in [0.3, 0.4) is 0 Å². The van der Waals surface area contributed by atoms with Gasteiger partial charge in [0.2, 0.25) is 0 Å². The lowest BCUT2D eigenvalue weighted by Gasteiger charge is -2.46. The molecule has 0 atom stereocenters. The van der Waals surface area contributed by atoms with Gasteiger partial charge in [0.25, 0.3) is 0 Å². The Balaban J connectivity index is 2.01. The molecule has 0 saturated heterocycles. The minimum absolute atomic E-state index is 0.526. The van der Waals surface area contributed by atoms with Gasteiger partial charge in [-0.2, -0.15) is 20.1 Å². The lowest BCUT2D eigenvalue weighted by molar-refractivity contribution is 0.959. The second kappa shape index (κ2) is 12.5. The molecule has 0 saturated carbocycles. The van der Waals surface area contributed by atoms with Gasteiger partial charge in [0, 0.05) is 11.1 Å². The first-order valence-corrected chi connectivity index (χ1v) is 20.0. The van der Waals surface area contributed by atoms with Crippen LogP contribution < -0.4 is 0 Å². The monoisotopic (exact) mass is 604 g/mol. The number of fused-ring (bicyclic) bond motifs is 4. The van der Waals surface area contributed by atoms with E-state index in [4.69, 9.17) is 0 Å². The Morgan fingerprint density at radius 2 is 0.791 bits per heavy atom. The average molecular weight is 605 g/mol. The summed E-state index contributed by atoms with van der Waals surface area (Å²) < 4.78 is 0. The summed E-state index contributed by atoms with van der Waals surface area (Å²) in [6.07, 6.45) is 0. The predicted molar refractivity (Wildman–Crippen MR) is 202 cm³/mol. The van der Waals surface area contributed by atoms with E-state index >= 15 is 0 Å². The minimum atomic E-state index is -1.20. The number of hydrogen-bond acceptors (Lipinski definition) is 0. The maximum atomic E-state index is 4.03. The summed E-state index contributed by atoms with van der Waals surface area (Å²) in [5.74, 6) is 11.2. The lowest BCUT2D eigenvalue weighted by Crippen LogP contribution is -2.27. The highest BCUT2D eigenvalue weighted by Crippen LogP contribution is 2.59. The van der Waals surface area contributed by atoms with Crippen molar-refractivity contribution in [1.82, 2.24) is 0 Å². The van der Waals surface area contributed by atoms with E-state index in [-0.39, 0.29) is 0 Å². The zero-order chi connectivity index (χ0) is 30.9. The third kappa shape index (κ3) is 5.55. The molecule has 0 aliphatic heterocycles. The van der Waals surface area contributed by atoms with Gasteiger partial charge >= 0.3 is 0 Å². The Labute approximate surface area is 263 Å². The van der Waals surface area contributed by atoms with Crippen molar-refractivity contribution in [3.63, 3.8) is 0 Å². The second-order valence-electron chi connectivity index (χ2n) is 12.5. The summed E-state index contributed by atoms with van der Waals surface area (Å²) in [6.45, 7) is 21.2. The van der Waals surface area contributed by atoms with Crippen LogP contribution >= 0.6 is 20.1 Å². The van der Waals surface area contributed by atoms with E-state index in [2.05, 4.69) is 157 Å². The smallest absolute Gasteiger partial charge is 0.0411 e. The Kier molecular flexibility index (Phi) is 9.14. The molecule has 0 radical (unpaired) electrons. The van der Waals surface area contributed by atoms with Gasteiger partial charge in [-0.1, -0.05) is 123 Å². The molecule has 224 valence electrons. The maximum Gasteiger partial charge on any atom is 0.0411 e. The molecule has 2 heteroatoms. The van der Waals surface area contributed by atoms with Crippen molar-refractivity contribution in [3.8, 4) is 22.3 Å². The molecule has 5 rings (SSSR count). The average Bonchev–Trinajstić information content (AvgIpc) is 3.00. The molecule has 0 nitrogen and oxygen atoms in total. The molecule has 0 unspecified atom stereocenters. The SMILES string of the molecule is CCS(C#Cc1c2cc3ccccc3cc2c(C#CS(C(C)C)(C(C)C)C(C)C)c2cc3ccccc3cc12)(CC)CC. The Hall–Kier alpha value is -3.04. The maximum absolute atomic E-state index is 4.03. The van der Waals surface area contributed by atoms with Gasteiger partial charge in [-0.15, -0.1) is 0 Å². The van der Waals surface area contributed by atoms with Gasteiger partial charge in [0.05, 0.1) is 0 Å². The van der Waals surface area contributed by atoms with Crippen LogP contribution in [-0.2, 0) is 0 Å². The van der Waals surface area contributed by atoms with E-state index in [1.807, 2.05) is 0 Å². The van der Waals surface area contributed by atoms with Crippen LogP contribution in [0.4, 0.5) is 0 Å². The van der Waals surface area contributed by atoms with Crippen molar-refractivity contribution in [3.05, 3.63) is 83.9 Å². The molecule has 0 aliphatic carbocycles. The molecule has 0 heterocycles. The van der Waals surface area contributed by atoms with Crippen LogP contribution in [0.5, 0.6) is 0 Å². The van der Waals surface area contributed by atoms with Gasteiger partial charge in [-0.05, 0) is 111 Å². The van der Waals surface area contributed by atoms with E-state index in [1.54, 1.807) is 0 Å². The molecular weight excluding hydrogens is 557 g/mol. The molecule has 0 spiro atoms. The molecule has 0 N–H and O–H groups in total. The molecule has 0 aliphatic rings. The van der Waals surface area contributed by atoms with Crippen molar-refractivity contribution in [1.29, 1.82) is 0 Å². The standard InChI is InChI=1S/C41H48S2/c1-10-42(11-2,12-3)23-21-36-38-25-32-17-13-15-19-34(32)27-40(38)37(22-24-43(29(4)5,30(6)7)31(8)9)41-28-35-20-16-14-18-33(35)26-39(36)41/h13-20,25-31H,10-12H2,1-9H3. The van der Waals surface area contributed by atoms with Gasteiger partial charge in [-0.25, -0.2) is 0 Å². The van der Waals surface area contributed by atoms with Gasteiger partial charge in [-0.3, -0.25) is 0 Å². The van der Waals surface area contributed by atoms with E-state index in [0.29, 0.717) is 15.7 Å². The van der Waals surface area contributed by atoms with E-state index in [1.165, 1.54) is 43.1 Å². The van der Waals surface area contributed by atoms with E-state index < -0.39 is 20.1 Å². The molecule has 0 amide bonds. The zero-order valence-corrected chi connectivity index (χ0v) is 29.2. The summed E-state index contributed by atoms with van der Waals surface area (Å²) >= 11 is 0. The lowest BCUT2D eigenvalue weighted by atomic mass is 9.89. The van der Waals surface area contributed by atoms with Crippen LogP contribution in [0, 0.1) is 22.3 Å². The van der Waals surface area contributed by atoms with Crippen molar-refractivity contribution >= 4 is 63.1 Å². The molecule has 0 fully saturated rings. The first-order valence-electron chi connectivity index (χ1n) is 16.0. The fraction of sp³-hybridized carbons (Fsp3) is 0.366. The van der Waals surface area contributed by atoms with Crippen molar-refractivity contribution in [2.75, 3.05) is 17.3 Å². The van der Waals surface area contributed by atoms with Crippen molar-refractivity contribution in [2.24, 2.45) is 0 Å². The largest absolute Gasteiger partial charge is 0.178 e. The summed E-state index contributed by atoms with van der Waals surface area (Å²) in [7, 11) is -2.19. The second-order valence-corrected chi connectivity index (χ2v) is 21.1. The highest BCUT2D eigenvalue weighted by atomic mass is 32.3. The summed E-state index contributed by atoms with van der Waals surface area (Å²) in [5, 5.41) is 19.4. The summed E-state index contributed by atoms with van der Waals surface area (Å²) in [4.78, 5) is 0. The molecule has 5 aromatic carbocycles. The number of hydrogen-bond donors (Lipinski definition) is 0. The van der Waals surface area contributed by atoms with Gasteiger partial charge in [0.1, 0.15) is 0 Å². The van der Waals surface area contributed by atoms with Crippen LogP contribution in [0.1, 0.15) is 73.4 Å². The Bertz CT molecular complexity index is 1800. The molecular formula is C41H48S2. The fourth-order valence-electron chi connectivity index (χ4n) is 6.98. The third-order valence-corrected chi connectivity index (χ3v) is 18.6. The van der Waals surface area contributed by atoms with E-state index in [9.17, 15) is 0 Å².